The van der Waals surface area contributed by atoms with Crippen molar-refractivity contribution in [3.8, 4) is 0 Å². The lowest BCUT2D eigenvalue weighted by atomic mass is 10.1. The van der Waals surface area contributed by atoms with Gasteiger partial charge in [-0.1, -0.05) is 30.3 Å². The van der Waals surface area contributed by atoms with Crippen molar-refractivity contribution in [3.63, 3.8) is 0 Å². The molecular formula is C25H25N5O6S. The quantitative estimate of drug-likeness (QED) is 0.293. The summed E-state index contributed by atoms with van der Waals surface area (Å²) < 4.78 is 27.0. The van der Waals surface area contributed by atoms with Crippen LogP contribution in [0.5, 0.6) is 0 Å². The fraction of sp³-hybridized carbons (Fsp3) is 0.200. The van der Waals surface area contributed by atoms with Gasteiger partial charge >= 0.3 is 5.97 Å². The molecule has 1 aromatic heterocycles. The predicted molar refractivity (Wildman–Crippen MR) is 134 cm³/mol. The molecule has 4 rings (SSSR count). The van der Waals surface area contributed by atoms with E-state index in [1.54, 1.807) is 29.3 Å². The Morgan fingerprint density at radius 3 is 2.51 bits per heavy atom. The highest BCUT2D eigenvalue weighted by Crippen LogP contribution is 2.24. The van der Waals surface area contributed by atoms with Crippen LogP contribution < -0.4 is 15.4 Å². The Balaban J connectivity index is 1.35. The van der Waals surface area contributed by atoms with E-state index in [1.165, 1.54) is 30.3 Å². The van der Waals surface area contributed by atoms with Gasteiger partial charge in [0.15, 0.2) is 0 Å². The summed E-state index contributed by atoms with van der Waals surface area (Å²) in [6.07, 6.45) is 1.67. The molecule has 0 aliphatic carbocycles. The summed E-state index contributed by atoms with van der Waals surface area (Å²) in [5.41, 5.74) is 1.33. The number of carboxylic acids is 1. The van der Waals surface area contributed by atoms with Crippen LogP contribution in [0.3, 0.4) is 0 Å². The molecule has 1 aliphatic rings. The molecule has 0 spiro atoms. The van der Waals surface area contributed by atoms with E-state index in [2.05, 4.69) is 20.3 Å². The molecule has 4 N–H and O–H groups in total. The summed E-state index contributed by atoms with van der Waals surface area (Å²) in [7, 11) is -4.11. The molecule has 0 unspecified atom stereocenters. The normalized spacial score (nSPS) is 13.6. The number of hydrogen-bond acceptors (Lipinski definition) is 7. The number of rotatable bonds is 11. The number of aromatic nitrogens is 1. The van der Waals surface area contributed by atoms with Crippen molar-refractivity contribution in [2.45, 2.75) is 17.5 Å². The first-order valence-electron chi connectivity index (χ1n) is 11.4. The van der Waals surface area contributed by atoms with Crippen molar-refractivity contribution < 1.29 is 27.9 Å². The number of nitrogens with zero attached hydrogens (tertiary/aromatic N) is 2. The molecule has 11 nitrogen and oxygen atoms in total. The summed E-state index contributed by atoms with van der Waals surface area (Å²) in [4.78, 5) is 42.9. The number of aliphatic carboxylic acids is 1. The van der Waals surface area contributed by atoms with E-state index < -0.39 is 34.5 Å². The lowest BCUT2D eigenvalue weighted by Gasteiger charge is -2.16. The van der Waals surface area contributed by atoms with Gasteiger partial charge in [-0.15, -0.1) is 0 Å². The molecule has 12 heteroatoms. The standard InChI is InChI=1S/C25H25N5O6S/c31-23(28-15-21(25(33)34)29-37(35,36)19-6-2-1-3-7-19)17-9-10-18-16-30(24(32)20(18)14-17)13-12-27-22-8-4-5-11-26-22/h1-11,14,21,29H,12-13,15-16H2,(H,26,27)(H,28,31)(H,33,34)/t21-/m0/s1. The third kappa shape index (κ3) is 6.29. The number of nitrogens with one attached hydrogen (secondary N) is 3. The number of fused-ring (bicyclic) bond motifs is 1. The summed E-state index contributed by atoms with van der Waals surface area (Å²) in [6.45, 7) is 0.853. The fourth-order valence-electron chi connectivity index (χ4n) is 3.80. The van der Waals surface area contributed by atoms with Crippen LogP contribution in [0.1, 0.15) is 26.3 Å². The Morgan fingerprint density at radius 1 is 1.05 bits per heavy atom. The number of amides is 2. The molecule has 2 amide bonds. The van der Waals surface area contributed by atoms with Crippen molar-refractivity contribution in [1.82, 2.24) is 19.9 Å². The topological polar surface area (TPSA) is 158 Å². The fourth-order valence-corrected chi connectivity index (χ4v) is 5.01. The third-order valence-electron chi connectivity index (χ3n) is 5.72. The van der Waals surface area contributed by atoms with Crippen molar-refractivity contribution in [1.29, 1.82) is 0 Å². The maximum absolute atomic E-state index is 12.9. The first kappa shape index (κ1) is 25.8. The zero-order valence-corrected chi connectivity index (χ0v) is 20.4. The molecule has 0 saturated carbocycles. The predicted octanol–water partition coefficient (Wildman–Crippen LogP) is 1.31. The van der Waals surface area contributed by atoms with Gasteiger partial charge in [-0.3, -0.25) is 14.4 Å². The number of pyridine rings is 1. The van der Waals surface area contributed by atoms with Crippen molar-refractivity contribution in [2.24, 2.45) is 0 Å². The maximum Gasteiger partial charge on any atom is 0.323 e. The van der Waals surface area contributed by atoms with Crippen molar-refractivity contribution >= 4 is 33.6 Å². The molecule has 1 atom stereocenters. The highest BCUT2D eigenvalue weighted by atomic mass is 32.2. The van der Waals surface area contributed by atoms with Crippen LogP contribution in [0.15, 0.2) is 77.8 Å². The van der Waals surface area contributed by atoms with Gasteiger partial charge in [0.05, 0.1) is 4.90 Å². The molecule has 192 valence electrons. The first-order chi connectivity index (χ1) is 17.7. The van der Waals surface area contributed by atoms with Gasteiger partial charge in [-0.05, 0) is 42.0 Å². The molecule has 0 fully saturated rings. The van der Waals surface area contributed by atoms with E-state index in [0.29, 0.717) is 31.0 Å². The number of sulfonamides is 1. The number of anilines is 1. The van der Waals surface area contributed by atoms with Crippen LogP contribution in [-0.2, 0) is 21.4 Å². The van der Waals surface area contributed by atoms with Gasteiger partial charge in [-0.25, -0.2) is 13.4 Å². The number of hydrogen-bond donors (Lipinski definition) is 4. The van der Waals surface area contributed by atoms with E-state index in [9.17, 15) is 27.9 Å². The van der Waals surface area contributed by atoms with Crippen molar-refractivity contribution in [3.05, 3.63) is 89.6 Å². The Kier molecular flexibility index (Phi) is 7.80. The van der Waals surface area contributed by atoms with Crippen molar-refractivity contribution in [2.75, 3.05) is 25.0 Å². The van der Waals surface area contributed by atoms with E-state index in [0.717, 1.165) is 5.56 Å². The lowest BCUT2D eigenvalue weighted by molar-refractivity contribution is -0.138. The van der Waals surface area contributed by atoms with E-state index in [4.69, 9.17) is 0 Å². The van der Waals surface area contributed by atoms with E-state index >= 15 is 0 Å². The van der Waals surface area contributed by atoms with Gasteiger partial charge < -0.3 is 20.6 Å². The summed E-state index contributed by atoms with van der Waals surface area (Å²) in [5, 5.41) is 15.0. The molecule has 2 aromatic carbocycles. The van der Waals surface area contributed by atoms with Crippen LogP contribution in [-0.4, -0.2) is 66.9 Å². The molecule has 0 radical (unpaired) electrons. The average Bonchev–Trinajstić information content (AvgIpc) is 3.22. The van der Waals surface area contributed by atoms with Gasteiger partial charge in [-0.2, -0.15) is 4.72 Å². The summed E-state index contributed by atoms with van der Waals surface area (Å²) in [6, 6.07) is 15.9. The van der Waals surface area contributed by atoms with Gasteiger partial charge in [0.25, 0.3) is 11.8 Å². The summed E-state index contributed by atoms with van der Waals surface area (Å²) >= 11 is 0. The monoisotopic (exact) mass is 523 g/mol. The van der Waals surface area contributed by atoms with E-state index in [-0.39, 0.29) is 16.4 Å². The smallest absolute Gasteiger partial charge is 0.323 e. The van der Waals surface area contributed by atoms with Gasteiger partial charge in [0.2, 0.25) is 10.0 Å². The lowest BCUT2D eigenvalue weighted by Crippen LogP contribution is -2.48. The minimum atomic E-state index is -4.11. The number of carbonyl (C=O) groups excluding carboxylic acids is 2. The third-order valence-corrected chi connectivity index (χ3v) is 7.21. The molecule has 3 aromatic rings. The Hall–Kier alpha value is -4.29. The number of carbonyl (C=O) groups is 3. The zero-order chi connectivity index (χ0) is 26.4. The minimum Gasteiger partial charge on any atom is -0.480 e. The molecule has 37 heavy (non-hydrogen) atoms. The number of benzene rings is 2. The second-order valence-corrected chi connectivity index (χ2v) is 9.99. The van der Waals surface area contributed by atoms with Gasteiger partial charge in [0.1, 0.15) is 11.9 Å². The maximum atomic E-state index is 12.9. The van der Waals surface area contributed by atoms with Crippen LogP contribution in [0.4, 0.5) is 5.82 Å². The Bertz CT molecular complexity index is 1400. The van der Waals surface area contributed by atoms with Gasteiger partial charge in [0, 0.05) is 43.5 Å². The molecular weight excluding hydrogens is 498 g/mol. The Morgan fingerprint density at radius 2 is 1.81 bits per heavy atom. The highest BCUT2D eigenvalue weighted by Gasteiger charge is 2.29. The van der Waals surface area contributed by atoms with E-state index in [1.807, 2.05) is 18.2 Å². The number of carboxylic acid groups (broad SMARTS) is 1. The molecule has 1 aliphatic heterocycles. The first-order valence-corrected chi connectivity index (χ1v) is 12.9. The second kappa shape index (κ2) is 11.2. The average molecular weight is 524 g/mol. The van der Waals surface area contributed by atoms with Crippen LogP contribution in [0.25, 0.3) is 0 Å². The molecule has 0 saturated heterocycles. The van der Waals surface area contributed by atoms with Crippen LogP contribution in [0, 0.1) is 0 Å². The molecule has 0 bridgehead atoms. The summed E-state index contributed by atoms with van der Waals surface area (Å²) in [5.74, 6) is -1.59. The Labute approximate surface area is 213 Å². The highest BCUT2D eigenvalue weighted by molar-refractivity contribution is 7.89. The minimum absolute atomic E-state index is 0.0931. The molecule has 2 heterocycles. The van der Waals surface area contributed by atoms with Crippen LogP contribution >= 0.6 is 0 Å². The largest absolute Gasteiger partial charge is 0.480 e. The SMILES string of the molecule is O=C(NC[C@H](NS(=O)(=O)c1ccccc1)C(=O)O)c1ccc2c(c1)C(=O)N(CCNc1ccccn1)C2. The second-order valence-electron chi connectivity index (χ2n) is 8.28. The zero-order valence-electron chi connectivity index (χ0n) is 19.6. The van der Waals surface area contributed by atoms with Crippen LogP contribution in [0.2, 0.25) is 0 Å².